The molecule has 0 saturated heterocycles. The first-order valence-corrected chi connectivity index (χ1v) is 12.0. The quantitative estimate of drug-likeness (QED) is 0.285. The molecule has 3 aromatic carbocycles. The van der Waals surface area contributed by atoms with Crippen LogP contribution < -0.4 is 4.18 Å². The molecule has 0 bridgehead atoms. The smallest absolute Gasteiger partial charge is 0.379 e. The van der Waals surface area contributed by atoms with Gasteiger partial charge >= 0.3 is 16.3 Å². The highest BCUT2D eigenvalue weighted by Gasteiger charge is 2.32. The number of rotatable bonds is 8. The maximum absolute atomic E-state index is 13.2. The second kappa shape index (κ2) is 10.5. The number of alkyl halides is 3. The van der Waals surface area contributed by atoms with E-state index in [1.807, 2.05) is 0 Å². The van der Waals surface area contributed by atoms with Gasteiger partial charge in [-0.25, -0.2) is 4.39 Å². The third-order valence-corrected chi connectivity index (χ3v) is 6.29. The fraction of sp³-hybridized carbons (Fsp3) is 0.240. The molecule has 0 aliphatic carbocycles. The Morgan fingerprint density at radius 1 is 0.914 bits per heavy atom. The zero-order valence-electron chi connectivity index (χ0n) is 18.9. The van der Waals surface area contributed by atoms with Crippen molar-refractivity contribution < 1.29 is 35.0 Å². The molecule has 10 heteroatoms. The number of benzene rings is 3. The number of hydrogen-bond donors (Lipinski definition) is 0. The first kappa shape index (κ1) is 26.2. The average molecular weight is 510 g/mol. The molecule has 0 radical (unpaired) electrons. The highest BCUT2D eigenvalue weighted by atomic mass is 32.2. The number of amides is 1. The molecule has 0 saturated carbocycles. The lowest BCUT2D eigenvalue weighted by Crippen LogP contribution is -2.33. The monoisotopic (exact) mass is 509 g/mol. The van der Waals surface area contributed by atoms with E-state index in [0.29, 0.717) is 11.6 Å². The third-order valence-electron chi connectivity index (χ3n) is 5.05. The zero-order chi connectivity index (χ0) is 25.8. The van der Waals surface area contributed by atoms with Gasteiger partial charge in [0.2, 0.25) is 5.91 Å². The summed E-state index contributed by atoms with van der Waals surface area (Å²) in [6.07, 6.45) is -4.69. The molecule has 3 aromatic rings. The van der Waals surface area contributed by atoms with Crippen LogP contribution in [0.3, 0.4) is 0 Å². The van der Waals surface area contributed by atoms with Crippen molar-refractivity contribution in [2.45, 2.75) is 38.0 Å². The van der Waals surface area contributed by atoms with E-state index in [2.05, 4.69) is 0 Å². The van der Waals surface area contributed by atoms with Crippen LogP contribution in [0.1, 0.15) is 30.5 Å². The van der Waals surface area contributed by atoms with Crippen molar-refractivity contribution in [2.75, 3.05) is 0 Å². The first-order chi connectivity index (χ1) is 16.3. The topological polar surface area (TPSA) is 63.7 Å². The van der Waals surface area contributed by atoms with Gasteiger partial charge in [0, 0.05) is 19.0 Å². The lowest BCUT2D eigenvalue weighted by Gasteiger charge is -2.25. The van der Waals surface area contributed by atoms with Gasteiger partial charge in [-0.2, -0.15) is 21.6 Å². The van der Waals surface area contributed by atoms with Crippen LogP contribution in [-0.4, -0.2) is 19.2 Å². The largest absolute Gasteiger partial charge is 0.416 e. The summed E-state index contributed by atoms with van der Waals surface area (Å²) in [7, 11) is -4.50. The minimum Gasteiger partial charge on any atom is -0.379 e. The maximum Gasteiger partial charge on any atom is 0.416 e. The Kier molecular flexibility index (Phi) is 7.84. The fourth-order valence-corrected chi connectivity index (χ4v) is 4.24. The summed E-state index contributed by atoms with van der Waals surface area (Å²) in [6, 6.07) is 14.9. The van der Waals surface area contributed by atoms with Crippen LogP contribution in [0.2, 0.25) is 0 Å². The van der Waals surface area contributed by atoms with Crippen molar-refractivity contribution in [3.8, 4) is 5.75 Å². The third kappa shape index (κ3) is 7.05. The summed E-state index contributed by atoms with van der Waals surface area (Å²) in [5, 5.41) is 0. The summed E-state index contributed by atoms with van der Waals surface area (Å²) in [5.41, 5.74) is 0.311. The van der Waals surface area contributed by atoms with Crippen LogP contribution >= 0.6 is 0 Å². The summed E-state index contributed by atoms with van der Waals surface area (Å²) < 4.78 is 81.9. The normalized spacial score (nSPS) is 12.0. The van der Waals surface area contributed by atoms with Crippen LogP contribution in [0.15, 0.2) is 77.7 Å². The lowest BCUT2D eigenvalue weighted by atomic mass is 10.1. The van der Waals surface area contributed by atoms with Crippen molar-refractivity contribution in [3.63, 3.8) is 0 Å². The highest BCUT2D eigenvalue weighted by molar-refractivity contribution is 7.87. The van der Waals surface area contributed by atoms with Crippen LogP contribution in [0.4, 0.5) is 17.6 Å². The van der Waals surface area contributed by atoms with Crippen LogP contribution in [-0.2, 0) is 34.2 Å². The molecule has 0 aliphatic rings. The van der Waals surface area contributed by atoms with Crippen molar-refractivity contribution >= 4 is 16.0 Å². The first-order valence-electron chi connectivity index (χ1n) is 10.6. The molecule has 0 N–H and O–H groups in total. The number of carbonyl (C=O) groups excluding carboxylic acids is 1. The van der Waals surface area contributed by atoms with E-state index < -0.39 is 26.8 Å². The predicted octanol–water partition coefficient (Wildman–Crippen LogP) is 5.80. The van der Waals surface area contributed by atoms with Gasteiger partial charge in [-0.1, -0.05) is 44.2 Å². The summed E-state index contributed by atoms with van der Waals surface area (Å²) in [4.78, 5) is 13.7. The number of nitrogens with zero attached hydrogens (tertiary/aromatic N) is 1. The van der Waals surface area contributed by atoms with Gasteiger partial charge in [0.15, 0.2) is 0 Å². The van der Waals surface area contributed by atoms with Crippen molar-refractivity contribution in [1.29, 1.82) is 0 Å². The lowest BCUT2D eigenvalue weighted by molar-refractivity contribution is -0.138. The zero-order valence-corrected chi connectivity index (χ0v) is 19.7. The Labute approximate surface area is 201 Å². The molecule has 5 nitrogen and oxygen atoms in total. The molecule has 186 valence electrons. The molecule has 3 rings (SSSR count). The van der Waals surface area contributed by atoms with Crippen molar-refractivity contribution in [1.82, 2.24) is 4.90 Å². The van der Waals surface area contributed by atoms with Crippen LogP contribution in [0.5, 0.6) is 5.75 Å². The molecule has 1 amide bonds. The molecule has 0 heterocycles. The Balaban J connectivity index is 1.75. The Morgan fingerprint density at radius 2 is 1.46 bits per heavy atom. The summed E-state index contributed by atoms with van der Waals surface area (Å²) >= 11 is 0. The number of carbonyl (C=O) groups is 1. The van der Waals surface area contributed by atoms with E-state index in [0.717, 1.165) is 23.8 Å². The standard InChI is InChI=1S/C25H23F4NO4S/c1-17(2)24(31)30(15-18-6-10-21(26)11-7-18)16-19-8-12-22(13-9-19)34-35(32,33)23-5-3-4-20(14-23)25(27,28)29/h3-14,17H,15-16H2,1-2H3. The van der Waals surface area contributed by atoms with Gasteiger partial charge in [-0.15, -0.1) is 0 Å². The van der Waals surface area contributed by atoms with Gasteiger partial charge in [0.25, 0.3) is 0 Å². The molecular weight excluding hydrogens is 486 g/mol. The number of halogens is 4. The van der Waals surface area contributed by atoms with Crippen LogP contribution in [0.25, 0.3) is 0 Å². The molecule has 0 atom stereocenters. The van der Waals surface area contributed by atoms with E-state index in [4.69, 9.17) is 4.18 Å². The summed E-state index contributed by atoms with van der Waals surface area (Å²) in [5.74, 6) is -0.880. The van der Waals surface area contributed by atoms with E-state index >= 15 is 0 Å². The predicted molar refractivity (Wildman–Crippen MR) is 121 cm³/mol. The maximum atomic E-state index is 13.2. The average Bonchev–Trinajstić information content (AvgIpc) is 2.80. The molecule has 0 unspecified atom stereocenters. The van der Waals surface area contributed by atoms with Gasteiger partial charge < -0.3 is 9.08 Å². The number of hydrogen-bond acceptors (Lipinski definition) is 4. The molecule has 0 spiro atoms. The molecule has 0 fully saturated rings. The molecule has 0 aliphatic heterocycles. The molecule has 0 aromatic heterocycles. The fourth-order valence-electron chi connectivity index (χ4n) is 3.26. The highest BCUT2D eigenvalue weighted by Crippen LogP contribution is 2.31. The molecule has 35 heavy (non-hydrogen) atoms. The minimum absolute atomic E-state index is 0.0913. The Hall–Kier alpha value is -3.40. The second-order valence-corrected chi connectivity index (χ2v) is 9.73. The van der Waals surface area contributed by atoms with Gasteiger partial charge in [-0.05, 0) is 53.6 Å². The van der Waals surface area contributed by atoms with E-state index in [1.165, 1.54) is 24.3 Å². The van der Waals surface area contributed by atoms with Gasteiger partial charge in [0.1, 0.15) is 16.5 Å². The van der Waals surface area contributed by atoms with Crippen molar-refractivity contribution in [3.05, 3.63) is 95.3 Å². The van der Waals surface area contributed by atoms with E-state index in [1.54, 1.807) is 43.0 Å². The molecular formula is C25H23F4NO4S. The Bertz CT molecular complexity index is 1270. The van der Waals surface area contributed by atoms with E-state index in [-0.39, 0.29) is 36.5 Å². The minimum atomic E-state index is -4.69. The van der Waals surface area contributed by atoms with Gasteiger partial charge in [0.05, 0.1) is 5.56 Å². The summed E-state index contributed by atoms with van der Waals surface area (Å²) in [6.45, 7) is 3.97. The van der Waals surface area contributed by atoms with Crippen LogP contribution in [0, 0.1) is 11.7 Å². The van der Waals surface area contributed by atoms with E-state index in [9.17, 15) is 30.8 Å². The SMILES string of the molecule is CC(C)C(=O)N(Cc1ccc(F)cc1)Cc1ccc(OS(=O)(=O)c2cccc(C(F)(F)F)c2)cc1. The van der Waals surface area contributed by atoms with Gasteiger partial charge in [-0.3, -0.25) is 4.79 Å². The van der Waals surface area contributed by atoms with Crippen molar-refractivity contribution in [2.24, 2.45) is 5.92 Å². The second-order valence-electron chi connectivity index (χ2n) is 8.18. The Morgan fingerprint density at radius 3 is 1.97 bits per heavy atom.